The van der Waals surface area contributed by atoms with Crippen LogP contribution in [0.5, 0.6) is 5.75 Å². The Hall–Kier alpha value is -1.55. The molecule has 2 atom stereocenters. The molecule has 1 N–H and O–H groups in total. The summed E-state index contributed by atoms with van der Waals surface area (Å²) in [6.45, 7) is 12.1. The van der Waals surface area contributed by atoms with Crippen molar-refractivity contribution in [1.82, 2.24) is 10.2 Å². The molecule has 1 amide bonds. The number of hydrogen-bond acceptors (Lipinski definition) is 3. The van der Waals surface area contributed by atoms with Gasteiger partial charge in [-0.3, -0.25) is 10.1 Å². The van der Waals surface area contributed by atoms with Gasteiger partial charge in [0.15, 0.2) is 0 Å². The highest BCUT2D eigenvalue weighted by atomic mass is 16.5. The molecule has 4 heteroatoms. The number of nitrogens with one attached hydrogen (secondary N) is 1. The van der Waals surface area contributed by atoms with Gasteiger partial charge in [-0.05, 0) is 40.7 Å². The Morgan fingerprint density at radius 2 is 1.81 bits per heavy atom. The highest BCUT2D eigenvalue weighted by Gasteiger charge is 2.21. The Kier molecular flexibility index (Phi) is 7.23. The fourth-order valence-corrected chi connectivity index (χ4v) is 2.47. The van der Waals surface area contributed by atoms with E-state index in [1.807, 2.05) is 56.9 Å². The van der Waals surface area contributed by atoms with Crippen molar-refractivity contribution in [1.29, 1.82) is 0 Å². The SMILES string of the molecule is CCOc1ccccc1C(C)NC(C)C(=O)N(CC)CC. The highest BCUT2D eigenvalue weighted by Crippen LogP contribution is 2.25. The largest absolute Gasteiger partial charge is 0.494 e. The first-order valence-corrected chi connectivity index (χ1v) is 7.81. The van der Waals surface area contributed by atoms with Crippen LogP contribution in [0.25, 0.3) is 0 Å². The molecule has 1 rings (SSSR count). The van der Waals surface area contributed by atoms with Crippen LogP contribution in [0.3, 0.4) is 0 Å². The Morgan fingerprint density at radius 1 is 1.19 bits per heavy atom. The van der Waals surface area contributed by atoms with Gasteiger partial charge in [0.2, 0.25) is 5.91 Å². The molecule has 118 valence electrons. The number of hydrogen-bond donors (Lipinski definition) is 1. The van der Waals surface area contributed by atoms with Gasteiger partial charge < -0.3 is 9.64 Å². The van der Waals surface area contributed by atoms with Gasteiger partial charge in [-0.2, -0.15) is 0 Å². The van der Waals surface area contributed by atoms with Crippen LogP contribution in [0.1, 0.15) is 46.2 Å². The average Bonchev–Trinajstić information content (AvgIpc) is 2.49. The van der Waals surface area contributed by atoms with E-state index in [-0.39, 0.29) is 18.0 Å². The summed E-state index contributed by atoms with van der Waals surface area (Å²) in [7, 11) is 0. The van der Waals surface area contributed by atoms with Crippen molar-refractivity contribution in [2.75, 3.05) is 19.7 Å². The first-order chi connectivity index (χ1) is 10.0. The Bertz CT molecular complexity index is 444. The number of carbonyl (C=O) groups excluding carboxylic acids is 1. The molecular formula is C17H28N2O2. The van der Waals surface area contributed by atoms with Crippen LogP contribution in [0.15, 0.2) is 24.3 Å². The maximum absolute atomic E-state index is 12.3. The molecule has 21 heavy (non-hydrogen) atoms. The minimum atomic E-state index is -0.213. The summed E-state index contributed by atoms with van der Waals surface area (Å²) in [6.07, 6.45) is 0. The van der Waals surface area contributed by atoms with Crippen LogP contribution in [-0.2, 0) is 4.79 Å². The minimum absolute atomic E-state index is 0.0577. The zero-order chi connectivity index (χ0) is 15.8. The maximum atomic E-state index is 12.3. The van der Waals surface area contributed by atoms with Crippen molar-refractivity contribution in [2.45, 2.75) is 46.7 Å². The number of likely N-dealkylation sites (N-methyl/N-ethyl adjacent to an activating group) is 1. The van der Waals surface area contributed by atoms with Crippen LogP contribution < -0.4 is 10.1 Å². The van der Waals surface area contributed by atoms with E-state index in [1.54, 1.807) is 0 Å². The Morgan fingerprint density at radius 3 is 2.38 bits per heavy atom. The Labute approximate surface area is 128 Å². The monoisotopic (exact) mass is 292 g/mol. The average molecular weight is 292 g/mol. The fraction of sp³-hybridized carbons (Fsp3) is 0.588. The summed E-state index contributed by atoms with van der Waals surface area (Å²) in [5.74, 6) is 1.02. The third-order valence-corrected chi connectivity index (χ3v) is 3.63. The minimum Gasteiger partial charge on any atom is -0.494 e. The number of carbonyl (C=O) groups is 1. The van der Waals surface area contributed by atoms with E-state index >= 15 is 0 Å². The number of para-hydroxylation sites is 1. The molecule has 0 aliphatic heterocycles. The molecule has 0 aliphatic rings. The van der Waals surface area contributed by atoms with Gasteiger partial charge in [0.05, 0.1) is 12.6 Å². The molecule has 0 saturated carbocycles. The van der Waals surface area contributed by atoms with Gasteiger partial charge in [-0.1, -0.05) is 18.2 Å². The summed E-state index contributed by atoms with van der Waals surface area (Å²) in [6, 6.07) is 7.81. The smallest absolute Gasteiger partial charge is 0.239 e. The molecule has 0 spiro atoms. The number of benzene rings is 1. The van der Waals surface area contributed by atoms with Crippen LogP contribution in [0.4, 0.5) is 0 Å². The van der Waals surface area contributed by atoms with Crippen LogP contribution in [-0.4, -0.2) is 36.5 Å². The van der Waals surface area contributed by atoms with Crippen molar-refractivity contribution in [2.24, 2.45) is 0 Å². The Balaban J connectivity index is 2.76. The molecule has 0 aliphatic carbocycles. The number of ether oxygens (including phenoxy) is 1. The molecule has 0 heterocycles. The first kappa shape index (κ1) is 17.5. The van der Waals surface area contributed by atoms with Crippen molar-refractivity contribution >= 4 is 5.91 Å². The van der Waals surface area contributed by atoms with E-state index in [0.717, 1.165) is 24.4 Å². The van der Waals surface area contributed by atoms with Crippen LogP contribution in [0, 0.1) is 0 Å². The predicted molar refractivity (Wildman–Crippen MR) is 86.6 cm³/mol. The molecule has 1 aromatic rings. The van der Waals surface area contributed by atoms with Crippen molar-refractivity contribution < 1.29 is 9.53 Å². The second kappa shape index (κ2) is 8.67. The van der Waals surface area contributed by atoms with Crippen molar-refractivity contribution in [3.05, 3.63) is 29.8 Å². The highest BCUT2D eigenvalue weighted by molar-refractivity contribution is 5.81. The van der Waals surface area contributed by atoms with Gasteiger partial charge in [0.25, 0.3) is 0 Å². The molecule has 2 unspecified atom stereocenters. The van der Waals surface area contributed by atoms with Gasteiger partial charge >= 0.3 is 0 Å². The normalized spacial score (nSPS) is 13.6. The second-order valence-electron chi connectivity index (χ2n) is 5.09. The molecule has 0 aromatic heterocycles. The summed E-state index contributed by atoms with van der Waals surface area (Å²) < 4.78 is 5.65. The maximum Gasteiger partial charge on any atom is 0.239 e. The fourth-order valence-electron chi connectivity index (χ4n) is 2.47. The van der Waals surface area contributed by atoms with Crippen molar-refractivity contribution in [3.63, 3.8) is 0 Å². The second-order valence-corrected chi connectivity index (χ2v) is 5.09. The van der Waals surface area contributed by atoms with E-state index in [2.05, 4.69) is 12.2 Å². The molecule has 0 fully saturated rings. The lowest BCUT2D eigenvalue weighted by molar-refractivity contribution is -0.132. The quantitative estimate of drug-likeness (QED) is 0.801. The third-order valence-electron chi connectivity index (χ3n) is 3.63. The van der Waals surface area contributed by atoms with Gasteiger partial charge in [0, 0.05) is 24.7 Å². The zero-order valence-corrected chi connectivity index (χ0v) is 13.8. The standard InChI is InChI=1S/C17H28N2O2/c1-6-19(7-2)17(20)14(5)18-13(4)15-11-9-10-12-16(15)21-8-3/h9-14,18H,6-8H2,1-5H3. The molecule has 0 radical (unpaired) electrons. The van der Waals surface area contributed by atoms with Gasteiger partial charge in [0.1, 0.15) is 5.75 Å². The van der Waals surface area contributed by atoms with E-state index in [0.29, 0.717) is 6.61 Å². The van der Waals surface area contributed by atoms with E-state index in [4.69, 9.17) is 4.74 Å². The predicted octanol–water partition coefficient (Wildman–Crippen LogP) is 2.99. The zero-order valence-electron chi connectivity index (χ0n) is 13.8. The topological polar surface area (TPSA) is 41.6 Å². The third kappa shape index (κ3) is 4.74. The molecule has 0 bridgehead atoms. The van der Waals surface area contributed by atoms with Gasteiger partial charge in [-0.15, -0.1) is 0 Å². The summed E-state index contributed by atoms with van der Waals surface area (Å²) in [5, 5.41) is 3.37. The first-order valence-electron chi connectivity index (χ1n) is 7.81. The lowest BCUT2D eigenvalue weighted by Gasteiger charge is -2.26. The van der Waals surface area contributed by atoms with Crippen LogP contribution in [0.2, 0.25) is 0 Å². The summed E-state index contributed by atoms with van der Waals surface area (Å²) >= 11 is 0. The molecular weight excluding hydrogens is 264 g/mol. The summed E-state index contributed by atoms with van der Waals surface area (Å²) in [4.78, 5) is 14.2. The van der Waals surface area contributed by atoms with E-state index in [9.17, 15) is 4.79 Å². The van der Waals surface area contributed by atoms with E-state index in [1.165, 1.54) is 0 Å². The van der Waals surface area contributed by atoms with Crippen molar-refractivity contribution in [3.8, 4) is 5.75 Å². The molecule has 4 nitrogen and oxygen atoms in total. The van der Waals surface area contributed by atoms with E-state index < -0.39 is 0 Å². The van der Waals surface area contributed by atoms with Crippen LogP contribution >= 0.6 is 0 Å². The van der Waals surface area contributed by atoms with Gasteiger partial charge in [-0.25, -0.2) is 0 Å². The lowest BCUT2D eigenvalue weighted by atomic mass is 10.1. The molecule has 0 saturated heterocycles. The lowest BCUT2D eigenvalue weighted by Crippen LogP contribution is -2.45. The molecule has 1 aromatic carbocycles. The number of nitrogens with zero attached hydrogens (tertiary/aromatic N) is 1. The number of rotatable bonds is 8. The summed E-state index contributed by atoms with van der Waals surface area (Å²) in [5.41, 5.74) is 1.08. The number of amides is 1.